The monoisotopic (exact) mass is 457 g/mol. The molecule has 7 nitrogen and oxygen atoms in total. The first-order valence-electron chi connectivity index (χ1n) is 9.19. The van der Waals surface area contributed by atoms with E-state index in [2.05, 4.69) is 10.5 Å². The van der Waals surface area contributed by atoms with Crippen LogP contribution in [-0.4, -0.2) is 34.2 Å². The summed E-state index contributed by atoms with van der Waals surface area (Å²) in [5.74, 6) is 0.102. The highest BCUT2D eigenvalue weighted by atomic mass is 35.5. The number of anilines is 1. The summed E-state index contributed by atoms with van der Waals surface area (Å²) in [6.45, 7) is -0.460. The molecule has 0 aliphatic rings. The van der Waals surface area contributed by atoms with Crippen molar-refractivity contribution in [2.75, 3.05) is 18.0 Å². The standard InChI is InChI=1S/C22H20ClN3O4S/c1-30-20-13-7-17(8-14-20)15-24-25-22(27)16-26(19-11-9-18(23)10-12-19)31(28,29)21-5-3-2-4-6-21/h2-15H,16H2,1H3,(H,25,27)/b24-15-. The predicted octanol–water partition coefficient (Wildman–Crippen LogP) is 3.69. The van der Waals surface area contributed by atoms with Gasteiger partial charge in [-0.25, -0.2) is 13.8 Å². The Morgan fingerprint density at radius 2 is 1.68 bits per heavy atom. The van der Waals surface area contributed by atoms with Crippen molar-refractivity contribution in [2.24, 2.45) is 5.10 Å². The van der Waals surface area contributed by atoms with Crippen LogP contribution in [0.2, 0.25) is 5.02 Å². The Morgan fingerprint density at radius 1 is 1.03 bits per heavy atom. The van der Waals surface area contributed by atoms with Crippen molar-refractivity contribution in [1.82, 2.24) is 5.43 Å². The number of methoxy groups -OCH3 is 1. The highest BCUT2D eigenvalue weighted by molar-refractivity contribution is 7.92. The molecule has 0 saturated heterocycles. The molecule has 9 heteroatoms. The smallest absolute Gasteiger partial charge is 0.264 e. The minimum atomic E-state index is -3.98. The first-order chi connectivity index (χ1) is 14.9. The van der Waals surface area contributed by atoms with E-state index in [0.717, 1.165) is 9.87 Å². The highest BCUT2D eigenvalue weighted by Crippen LogP contribution is 2.25. The largest absolute Gasteiger partial charge is 0.497 e. The first kappa shape index (κ1) is 22.3. The average molecular weight is 458 g/mol. The van der Waals surface area contributed by atoms with Crippen molar-refractivity contribution in [1.29, 1.82) is 0 Å². The molecule has 0 atom stereocenters. The van der Waals surface area contributed by atoms with E-state index in [9.17, 15) is 13.2 Å². The Kier molecular flexibility index (Phi) is 7.28. The average Bonchev–Trinajstić information content (AvgIpc) is 2.79. The van der Waals surface area contributed by atoms with Gasteiger partial charge in [0.25, 0.3) is 15.9 Å². The second-order valence-corrected chi connectivity index (χ2v) is 8.67. The van der Waals surface area contributed by atoms with Crippen LogP contribution < -0.4 is 14.5 Å². The summed E-state index contributed by atoms with van der Waals surface area (Å²) in [5, 5.41) is 4.36. The minimum absolute atomic E-state index is 0.0690. The van der Waals surface area contributed by atoms with Gasteiger partial charge in [-0.1, -0.05) is 29.8 Å². The van der Waals surface area contributed by atoms with Gasteiger partial charge in [0.2, 0.25) is 0 Å². The Labute approximate surface area is 186 Å². The SMILES string of the molecule is COc1ccc(/C=N\NC(=O)CN(c2ccc(Cl)cc2)S(=O)(=O)c2ccccc2)cc1. The van der Waals surface area contributed by atoms with Crippen LogP contribution in [-0.2, 0) is 14.8 Å². The number of sulfonamides is 1. The maximum Gasteiger partial charge on any atom is 0.264 e. The summed E-state index contributed by atoms with van der Waals surface area (Å²) >= 11 is 5.92. The van der Waals surface area contributed by atoms with Gasteiger partial charge in [0, 0.05) is 5.02 Å². The quantitative estimate of drug-likeness (QED) is 0.412. The lowest BCUT2D eigenvalue weighted by molar-refractivity contribution is -0.119. The molecule has 3 aromatic carbocycles. The Bertz CT molecular complexity index is 1150. The molecule has 0 aliphatic heterocycles. The van der Waals surface area contributed by atoms with Crippen molar-refractivity contribution in [2.45, 2.75) is 4.90 Å². The number of halogens is 1. The molecule has 0 aromatic heterocycles. The van der Waals surface area contributed by atoms with Gasteiger partial charge in [-0.15, -0.1) is 0 Å². The number of rotatable bonds is 8. The van der Waals surface area contributed by atoms with Gasteiger partial charge >= 0.3 is 0 Å². The van der Waals surface area contributed by atoms with Crippen molar-refractivity contribution >= 4 is 39.4 Å². The van der Waals surface area contributed by atoms with Crippen LogP contribution in [0.1, 0.15) is 5.56 Å². The Morgan fingerprint density at radius 3 is 2.29 bits per heavy atom. The van der Waals surface area contributed by atoms with Crippen LogP contribution in [0.25, 0.3) is 0 Å². The van der Waals surface area contributed by atoms with Crippen molar-refractivity contribution in [3.05, 3.63) is 89.4 Å². The van der Waals surface area contributed by atoms with Crippen molar-refractivity contribution in [3.63, 3.8) is 0 Å². The van der Waals surface area contributed by atoms with Gasteiger partial charge < -0.3 is 4.74 Å². The van der Waals surface area contributed by atoms with E-state index in [4.69, 9.17) is 16.3 Å². The fourth-order valence-electron chi connectivity index (χ4n) is 2.68. The Hall–Kier alpha value is -3.36. The molecule has 31 heavy (non-hydrogen) atoms. The maximum atomic E-state index is 13.2. The van der Waals surface area contributed by atoms with E-state index in [1.807, 2.05) is 0 Å². The number of hydrazone groups is 1. The number of carbonyl (C=O) groups excluding carboxylic acids is 1. The van der Waals surface area contributed by atoms with Gasteiger partial charge in [0.15, 0.2) is 0 Å². The second-order valence-electron chi connectivity index (χ2n) is 6.37. The molecule has 0 heterocycles. The number of nitrogens with one attached hydrogen (secondary N) is 1. The number of benzene rings is 3. The van der Waals surface area contributed by atoms with Crippen LogP contribution in [0.4, 0.5) is 5.69 Å². The molecular formula is C22H20ClN3O4S. The highest BCUT2D eigenvalue weighted by Gasteiger charge is 2.27. The molecule has 1 N–H and O–H groups in total. The maximum absolute atomic E-state index is 13.2. The summed E-state index contributed by atoms with van der Waals surface area (Å²) in [6.07, 6.45) is 1.45. The molecule has 0 aliphatic carbocycles. The molecule has 3 rings (SSSR count). The van der Waals surface area contributed by atoms with E-state index < -0.39 is 22.5 Å². The Balaban J connectivity index is 1.78. The van der Waals surface area contributed by atoms with Crippen LogP contribution in [0.3, 0.4) is 0 Å². The molecule has 0 radical (unpaired) electrons. The van der Waals surface area contributed by atoms with Gasteiger partial charge in [0.05, 0.1) is 23.9 Å². The first-order valence-corrected chi connectivity index (χ1v) is 11.0. The van der Waals surface area contributed by atoms with E-state index >= 15 is 0 Å². The van der Waals surface area contributed by atoms with Gasteiger partial charge in [0.1, 0.15) is 12.3 Å². The van der Waals surface area contributed by atoms with E-state index in [-0.39, 0.29) is 4.90 Å². The molecule has 0 saturated carbocycles. The lowest BCUT2D eigenvalue weighted by Gasteiger charge is -2.23. The zero-order valence-electron chi connectivity index (χ0n) is 16.6. The number of ether oxygens (including phenoxy) is 1. The minimum Gasteiger partial charge on any atom is -0.497 e. The molecule has 0 bridgehead atoms. The van der Waals surface area contributed by atoms with Gasteiger partial charge in [-0.05, 0) is 66.2 Å². The molecule has 0 unspecified atom stereocenters. The predicted molar refractivity (Wildman–Crippen MR) is 121 cm³/mol. The van der Waals surface area contributed by atoms with Gasteiger partial charge in [-0.2, -0.15) is 5.10 Å². The third-order valence-corrected chi connectivity index (χ3v) is 6.29. The summed E-state index contributed by atoms with van der Waals surface area (Å²) in [7, 11) is -2.41. The van der Waals surface area contributed by atoms with Crippen LogP contribution in [0.5, 0.6) is 5.75 Å². The molecular weight excluding hydrogens is 438 g/mol. The topological polar surface area (TPSA) is 88.1 Å². The number of nitrogens with zero attached hydrogens (tertiary/aromatic N) is 2. The number of carbonyl (C=O) groups is 1. The summed E-state index contributed by atoms with van der Waals surface area (Å²) in [4.78, 5) is 12.6. The fraction of sp³-hybridized carbons (Fsp3) is 0.0909. The van der Waals surface area contributed by atoms with Crippen molar-refractivity contribution in [3.8, 4) is 5.75 Å². The molecule has 3 aromatic rings. The third kappa shape index (κ3) is 5.84. The second kappa shape index (κ2) is 10.1. The third-order valence-electron chi connectivity index (χ3n) is 4.25. The van der Waals surface area contributed by atoms with E-state index in [1.54, 1.807) is 61.7 Å². The van der Waals surface area contributed by atoms with Crippen LogP contribution in [0.15, 0.2) is 88.9 Å². The molecule has 160 valence electrons. The lowest BCUT2D eigenvalue weighted by Crippen LogP contribution is -2.39. The molecule has 1 amide bonds. The molecule has 0 spiro atoms. The van der Waals surface area contributed by atoms with Gasteiger partial charge in [-0.3, -0.25) is 9.10 Å². The van der Waals surface area contributed by atoms with E-state index in [0.29, 0.717) is 16.5 Å². The summed E-state index contributed by atoms with van der Waals surface area (Å²) in [5.41, 5.74) is 3.41. The lowest BCUT2D eigenvalue weighted by atomic mass is 10.2. The molecule has 0 fully saturated rings. The normalized spacial score (nSPS) is 11.3. The zero-order chi connectivity index (χ0) is 22.3. The summed E-state index contributed by atoms with van der Waals surface area (Å²) < 4.78 is 32.4. The number of amides is 1. The van der Waals surface area contributed by atoms with Crippen LogP contribution >= 0.6 is 11.6 Å². The number of hydrogen-bond donors (Lipinski definition) is 1. The van der Waals surface area contributed by atoms with E-state index in [1.165, 1.54) is 30.5 Å². The zero-order valence-corrected chi connectivity index (χ0v) is 18.2. The number of hydrogen-bond acceptors (Lipinski definition) is 5. The summed E-state index contributed by atoms with van der Waals surface area (Å²) in [6, 6.07) is 21.2. The van der Waals surface area contributed by atoms with Crippen LogP contribution in [0, 0.1) is 0 Å². The van der Waals surface area contributed by atoms with Crippen molar-refractivity contribution < 1.29 is 17.9 Å². The fourth-order valence-corrected chi connectivity index (χ4v) is 4.24.